The maximum absolute atomic E-state index is 13.2. The molecule has 0 atom stereocenters. The quantitative estimate of drug-likeness (QED) is 0.721. The molecule has 2 aromatic rings. The molecule has 0 bridgehead atoms. The van der Waals surface area contributed by atoms with Gasteiger partial charge in [-0.15, -0.1) is 0 Å². The standard InChI is InChI=1S/C27H32N4O2/c1-3-12-30(13-4-2)27(33)23-15-20-9-10-21(16-24(20)29-25(28)17-23)26(32)31-14-11-19-7-5-6-8-22(19)18-31/h5-10,15-16H,3-4,11-14,17-18H2,1-2H3,(H2,28,29). The number of benzene rings is 2. The van der Waals surface area contributed by atoms with E-state index in [2.05, 4.69) is 31.0 Å². The zero-order chi connectivity index (χ0) is 23.4. The van der Waals surface area contributed by atoms with Crippen molar-refractivity contribution in [2.24, 2.45) is 10.7 Å². The zero-order valence-corrected chi connectivity index (χ0v) is 19.5. The highest BCUT2D eigenvalue weighted by atomic mass is 16.2. The van der Waals surface area contributed by atoms with Crippen LogP contribution in [0.25, 0.3) is 6.08 Å². The zero-order valence-electron chi connectivity index (χ0n) is 19.5. The number of amidine groups is 1. The summed E-state index contributed by atoms with van der Waals surface area (Å²) >= 11 is 0. The lowest BCUT2D eigenvalue weighted by Gasteiger charge is -2.29. The molecule has 0 saturated carbocycles. The fraction of sp³-hybridized carbons (Fsp3) is 0.370. The first-order chi connectivity index (χ1) is 16.0. The van der Waals surface area contributed by atoms with Crippen molar-refractivity contribution in [1.29, 1.82) is 0 Å². The predicted octanol–water partition coefficient (Wildman–Crippen LogP) is 4.31. The number of aliphatic imine (C=N–C) groups is 1. The minimum Gasteiger partial charge on any atom is -0.387 e. The average Bonchev–Trinajstić information content (AvgIpc) is 3.00. The van der Waals surface area contributed by atoms with Crippen molar-refractivity contribution in [2.75, 3.05) is 19.6 Å². The van der Waals surface area contributed by atoms with Crippen molar-refractivity contribution >= 4 is 29.4 Å². The lowest BCUT2D eigenvalue weighted by atomic mass is 9.99. The third kappa shape index (κ3) is 5.00. The Balaban J connectivity index is 1.59. The minimum atomic E-state index is -0.0114. The van der Waals surface area contributed by atoms with Gasteiger partial charge in [-0.05, 0) is 48.6 Å². The lowest BCUT2D eigenvalue weighted by Crippen LogP contribution is -2.35. The van der Waals surface area contributed by atoms with Gasteiger partial charge in [0.05, 0.1) is 5.69 Å². The number of rotatable bonds is 6. The number of nitrogens with two attached hydrogens (primary N) is 1. The van der Waals surface area contributed by atoms with E-state index >= 15 is 0 Å². The summed E-state index contributed by atoms with van der Waals surface area (Å²) < 4.78 is 0. The smallest absolute Gasteiger partial charge is 0.254 e. The molecule has 2 aliphatic heterocycles. The van der Waals surface area contributed by atoms with Gasteiger partial charge in [0.1, 0.15) is 5.84 Å². The van der Waals surface area contributed by atoms with Gasteiger partial charge in [0.15, 0.2) is 0 Å². The van der Waals surface area contributed by atoms with E-state index in [1.807, 2.05) is 40.1 Å². The van der Waals surface area contributed by atoms with Gasteiger partial charge >= 0.3 is 0 Å². The van der Waals surface area contributed by atoms with Crippen LogP contribution in [0.15, 0.2) is 53.0 Å². The topological polar surface area (TPSA) is 79.0 Å². The van der Waals surface area contributed by atoms with Crippen LogP contribution in [-0.4, -0.2) is 47.1 Å². The summed E-state index contributed by atoms with van der Waals surface area (Å²) in [5.74, 6) is 0.386. The van der Waals surface area contributed by atoms with E-state index in [9.17, 15) is 9.59 Å². The van der Waals surface area contributed by atoms with Crippen molar-refractivity contribution in [3.05, 3.63) is 70.3 Å². The summed E-state index contributed by atoms with van der Waals surface area (Å²) in [6.07, 6.45) is 4.86. The molecule has 2 amide bonds. The molecule has 0 fully saturated rings. The molecule has 6 nitrogen and oxygen atoms in total. The molecule has 2 N–H and O–H groups in total. The Hall–Kier alpha value is -3.41. The Labute approximate surface area is 195 Å². The fourth-order valence-corrected chi connectivity index (χ4v) is 4.57. The monoisotopic (exact) mass is 444 g/mol. The molecular formula is C27H32N4O2. The van der Waals surface area contributed by atoms with Crippen LogP contribution in [0, 0.1) is 0 Å². The number of nitrogens with zero attached hydrogens (tertiary/aromatic N) is 3. The highest BCUT2D eigenvalue weighted by Gasteiger charge is 2.24. The molecule has 2 aromatic carbocycles. The normalized spacial score (nSPS) is 15.0. The Bertz CT molecular complexity index is 1110. The van der Waals surface area contributed by atoms with E-state index < -0.39 is 0 Å². The Morgan fingerprint density at radius 1 is 1.06 bits per heavy atom. The van der Waals surface area contributed by atoms with E-state index in [0.717, 1.165) is 37.9 Å². The van der Waals surface area contributed by atoms with Crippen LogP contribution < -0.4 is 5.73 Å². The molecule has 0 unspecified atom stereocenters. The van der Waals surface area contributed by atoms with E-state index in [1.54, 1.807) is 6.07 Å². The fourth-order valence-electron chi connectivity index (χ4n) is 4.57. The lowest BCUT2D eigenvalue weighted by molar-refractivity contribution is -0.127. The summed E-state index contributed by atoms with van der Waals surface area (Å²) in [7, 11) is 0. The van der Waals surface area contributed by atoms with E-state index in [1.165, 1.54) is 11.1 Å². The van der Waals surface area contributed by atoms with Crippen molar-refractivity contribution in [3.63, 3.8) is 0 Å². The molecule has 4 rings (SSSR count). The summed E-state index contributed by atoms with van der Waals surface area (Å²) in [6.45, 7) is 6.90. The van der Waals surface area contributed by atoms with Crippen molar-refractivity contribution < 1.29 is 9.59 Å². The number of amides is 2. The van der Waals surface area contributed by atoms with Crippen LogP contribution in [0.5, 0.6) is 0 Å². The summed E-state index contributed by atoms with van der Waals surface area (Å²) in [5.41, 5.74) is 11.4. The largest absolute Gasteiger partial charge is 0.387 e. The number of hydrogen-bond donors (Lipinski definition) is 1. The molecule has 2 heterocycles. The molecule has 2 aliphatic rings. The first-order valence-electron chi connectivity index (χ1n) is 11.8. The predicted molar refractivity (Wildman–Crippen MR) is 132 cm³/mol. The van der Waals surface area contributed by atoms with Crippen LogP contribution in [-0.2, 0) is 17.8 Å². The first-order valence-corrected chi connectivity index (χ1v) is 11.8. The second kappa shape index (κ2) is 10.0. The summed E-state index contributed by atoms with van der Waals surface area (Å²) in [5, 5.41) is 0. The number of carbonyl (C=O) groups is 2. The second-order valence-corrected chi connectivity index (χ2v) is 8.76. The van der Waals surface area contributed by atoms with Crippen molar-refractivity contribution in [3.8, 4) is 0 Å². The molecule has 0 aromatic heterocycles. The van der Waals surface area contributed by atoms with Gasteiger partial charge in [0.2, 0.25) is 5.91 Å². The molecule has 0 aliphatic carbocycles. The average molecular weight is 445 g/mol. The molecule has 33 heavy (non-hydrogen) atoms. The van der Waals surface area contributed by atoms with Gasteiger partial charge in [-0.2, -0.15) is 0 Å². The Kier molecular flexibility index (Phi) is 6.92. The molecule has 172 valence electrons. The van der Waals surface area contributed by atoms with E-state index in [-0.39, 0.29) is 11.8 Å². The van der Waals surface area contributed by atoms with Gasteiger partial charge in [-0.1, -0.05) is 44.2 Å². The maximum Gasteiger partial charge on any atom is 0.254 e. The second-order valence-electron chi connectivity index (χ2n) is 8.76. The van der Waals surface area contributed by atoms with Crippen molar-refractivity contribution in [1.82, 2.24) is 9.80 Å². The highest BCUT2D eigenvalue weighted by molar-refractivity contribution is 6.06. The third-order valence-electron chi connectivity index (χ3n) is 6.21. The number of carbonyl (C=O) groups excluding carboxylic acids is 2. The summed E-state index contributed by atoms with van der Waals surface area (Å²) in [4.78, 5) is 34.7. The molecule has 0 radical (unpaired) electrons. The van der Waals surface area contributed by atoms with Gasteiger partial charge in [-0.25, -0.2) is 4.99 Å². The number of fused-ring (bicyclic) bond motifs is 2. The van der Waals surface area contributed by atoms with Crippen LogP contribution in [0.4, 0.5) is 5.69 Å². The number of hydrogen-bond acceptors (Lipinski definition) is 4. The third-order valence-corrected chi connectivity index (χ3v) is 6.21. The summed E-state index contributed by atoms with van der Waals surface area (Å²) in [6, 6.07) is 13.8. The van der Waals surface area contributed by atoms with Crippen LogP contribution in [0.2, 0.25) is 0 Å². The van der Waals surface area contributed by atoms with Gasteiger partial charge in [0, 0.05) is 49.3 Å². The Morgan fingerprint density at radius 3 is 2.52 bits per heavy atom. The van der Waals surface area contributed by atoms with Crippen molar-refractivity contribution in [2.45, 2.75) is 46.1 Å². The first kappa shape index (κ1) is 22.8. The van der Waals surface area contributed by atoms with Gasteiger partial charge in [-0.3, -0.25) is 9.59 Å². The van der Waals surface area contributed by atoms with Gasteiger partial charge in [0.25, 0.3) is 5.91 Å². The van der Waals surface area contributed by atoms with E-state index in [4.69, 9.17) is 5.73 Å². The SMILES string of the molecule is CCCN(CCC)C(=O)C1=Cc2ccc(C(=O)N3CCc4ccccc4C3)cc2N=C(N)C1. The van der Waals surface area contributed by atoms with Gasteiger partial charge < -0.3 is 15.5 Å². The van der Waals surface area contributed by atoms with Crippen LogP contribution in [0.3, 0.4) is 0 Å². The highest BCUT2D eigenvalue weighted by Crippen LogP contribution is 2.29. The Morgan fingerprint density at radius 2 is 1.79 bits per heavy atom. The van der Waals surface area contributed by atoms with Crippen LogP contribution >= 0.6 is 0 Å². The molecule has 0 spiro atoms. The van der Waals surface area contributed by atoms with Crippen LogP contribution in [0.1, 0.15) is 60.2 Å². The maximum atomic E-state index is 13.2. The molecule has 0 saturated heterocycles. The molecule has 6 heteroatoms. The molecular weight excluding hydrogens is 412 g/mol. The van der Waals surface area contributed by atoms with E-state index in [0.29, 0.717) is 42.2 Å². The minimum absolute atomic E-state index is 0.0110.